The van der Waals surface area contributed by atoms with Crippen molar-refractivity contribution in [2.24, 2.45) is 0 Å². The highest BCUT2D eigenvalue weighted by Gasteiger charge is 2.14. The molecular formula is C19H22BrNO3. The second kappa shape index (κ2) is 8.73. The summed E-state index contributed by atoms with van der Waals surface area (Å²) >= 11 is 3.37. The molecule has 0 spiro atoms. The van der Waals surface area contributed by atoms with Crippen molar-refractivity contribution in [1.29, 1.82) is 0 Å². The summed E-state index contributed by atoms with van der Waals surface area (Å²) in [5.74, 6) is 1.37. The van der Waals surface area contributed by atoms with Crippen LogP contribution < -0.4 is 14.8 Å². The first-order valence-corrected chi connectivity index (χ1v) is 8.65. The molecule has 128 valence electrons. The summed E-state index contributed by atoms with van der Waals surface area (Å²) in [6, 6.07) is 13.3. The Bertz CT molecular complexity index is 686. The van der Waals surface area contributed by atoms with Gasteiger partial charge in [-0.1, -0.05) is 35.0 Å². The van der Waals surface area contributed by atoms with Gasteiger partial charge in [0.05, 0.1) is 13.2 Å². The van der Waals surface area contributed by atoms with Crippen molar-refractivity contribution in [2.75, 3.05) is 13.7 Å². The van der Waals surface area contributed by atoms with Gasteiger partial charge in [-0.05, 0) is 54.8 Å². The molecule has 0 saturated heterocycles. The Morgan fingerprint density at radius 1 is 1.21 bits per heavy atom. The number of hydrogen-bond donors (Lipinski definition) is 1. The minimum absolute atomic E-state index is 0.00668. The maximum absolute atomic E-state index is 12.2. The third kappa shape index (κ3) is 4.99. The second-order valence-electron chi connectivity index (χ2n) is 5.50. The number of hydrogen-bond acceptors (Lipinski definition) is 3. The highest BCUT2D eigenvalue weighted by atomic mass is 79.9. The maximum atomic E-state index is 12.2. The summed E-state index contributed by atoms with van der Waals surface area (Å²) in [6.45, 7) is 4.03. The number of amides is 1. The van der Waals surface area contributed by atoms with Gasteiger partial charge in [0, 0.05) is 4.47 Å². The van der Waals surface area contributed by atoms with Gasteiger partial charge in [0.2, 0.25) is 0 Å². The predicted molar refractivity (Wildman–Crippen MR) is 98.5 cm³/mol. The number of methoxy groups -OCH3 is 1. The van der Waals surface area contributed by atoms with Crippen LogP contribution in [0.4, 0.5) is 0 Å². The molecular weight excluding hydrogens is 370 g/mol. The van der Waals surface area contributed by atoms with Crippen molar-refractivity contribution >= 4 is 21.8 Å². The summed E-state index contributed by atoms with van der Waals surface area (Å²) < 4.78 is 11.8. The number of aryl methyl sites for hydroxylation is 1. The molecule has 0 saturated carbocycles. The first kappa shape index (κ1) is 18.3. The van der Waals surface area contributed by atoms with Crippen molar-refractivity contribution in [1.82, 2.24) is 5.32 Å². The van der Waals surface area contributed by atoms with E-state index in [9.17, 15) is 4.79 Å². The summed E-state index contributed by atoms with van der Waals surface area (Å²) in [5.41, 5.74) is 2.11. The lowest BCUT2D eigenvalue weighted by molar-refractivity contribution is -0.123. The summed E-state index contributed by atoms with van der Waals surface area (Å²) in [7, 11) is 1.65. The third-order valence-electron chi connectivity index (χ3n) is 3.75. The molecule has 0 aliphatic carbocycles. The van der Waals surface area contributed by atoms with Gasteiger partial charge < -0.3 is 14.8 Å². The average molecular weight is 392 g/mol. The van der Waals surface area contributed by atoms with Gasteiger partial charge in [-0.3, -0.25) is 4.79 Å². The molecule has 5 heteroatoms. The Morgan fingerprint density at radius 3 is 2.50 bits per heavy atom. The molecule has 24 heavy (non-hydrogen) atoms. The van der Waals surface area contributed by atoms with E-state index in [1.165, 1.54) is 0 Å². The molecule has 1 amide bonds. The Labute approximate surface area is 151 Å². The van der Waals surface area contributed by atoms with Crippen molar-refractivity contribution in [3.8, 4) is 11.5 Å². The quantitative estimate of drug-likeness (QED) is 0.759. The van der Waals surface area contributed by atoms with E-state index in [1.807, 2.05) is 56.3 Å². The first-order chi connectivity index (χ1) is 11.5. The molecule has 0 fully saturated rings. The van der Waals surface area contributed by atoms with Crippen LogP contribution >= 0.6 is 15.9 Å². The standard InChI is InChI=1S/C19H22BrNO3/c1-4-17(14-5-10-18(23-3)13(2)11-14)21-19(22)12-24-16-8-6-15(20)7-9-16/h5-11,17H,4,12H2,1-3H3,(H,21,22)/t17-/m0/s1. The molecule has 0 radical (unpaired) electrons. The lowest BCUT2D eigenvalue weighted by Gasteiger charge is -2.19. The fourth-order valence-electron chi connectivity index (χ4n) is 2.46. The topological polar surface area (TPSA) is 47.6 Å². The van der Waals surface area contributed by atoms with E-state index in [-0.39, 0.29) is 18.6 Å². The Morgan fingerprint density at radius 2 is 1.92 bits per heavy atom. The zero-order valence-electron chi connectivity index (χ0n) is 14.1. The molecule has 4 nitrogen and oxygen atoms in total. The fraction of sp³-hybridized carbons (Fsp3) is 0.316. The molecule has 2 aromatic rings. The van der Waals surface area contributed by atoms with Gasteiger partial charge in [0.15, 0.2) is 6.61 Å². The predicted octanol–water partition coefficient (Wildman–Crippen LogP) is 4.41. The van der Waals surface area contributed by atoms with Gasteiger partial charge >= 0.3 is 0 Å². The van der Waals surface area contributed by atoms with E-state index in [1.54, 1.807) is 7.11 Å². The number of carbonyl (C=O) groups excluding carboxylic acids is 1. The highest BCUT2D eigenvalue weighted by molar-refractivity contribution is 9.10. The van der Waals surface area contributed by atoms with Crippen LogP contribution in [0.25, 0.3) is 0 Å². The number of nitrogens with one attached hydrogen (secondary N) is 1. The minimum Gasteiger partial charge on any atom is -0.496 e. The van der Waals surface area contributed by atoms with Crippen LogP contribution in [0.1, 0.15) is 30.5 Å². The van der Waals surface area contributed by atoms with E-state index in [0.29, 0.717) is 5.75 Å². The zero-order valence-corrected chi connectivity index (χ0v) is 15.7. The smallest absolute Gasteiger partial charge is 0.258 e. The van der Waals surface area contributed by atoms with Crippen molar-refractivity contribution < 1.29 is 14.3 Å². The molecule has 2 aromatic carbocycles. The molecule has 0 unspecified atom stereocenters. The number of rotatable bonds is 7. The van der Waals surface area contributed by atoms with E-state index in [2.05, 4.69) is 21.2 Å². The first-order valence-electron chi connectivity index (χ1n) is 7.85. The van der Waals surface area contributed by atoms with Crippen LogP contribution in [0.3, 0.4) is 0 Å². The van der Waals surface area contributed by atoms with Gasteiger partial charge in [-0.15, -0.1) is 0 Å². The van der Waals surface area contributed by atoms with Crippen LogP contribution in [0.15, 0.2) is 46.9 Å². The lowest BCUT2D eigenvalue weighted by atomic mass is 10.0. The Kier molecular flexibility index (Phi) is 6.67. The molecule has 0 aliphatic heterocycles. The Balaban J connectivity index is 1.95. The largest absolute Gasteiger partial charge is 0.496 e. The molecule has 0 aromatic heterocycles. The monoisotopic (exact) mass is 391 g/mol. The van der Waals surface area contributed by atoms with Gasteiger partial charge in [0.25, 0.3) is 5.91 Å². The molecule has 2 rings (SSSR count). The maximum Gasteiger partial charge on any atom is 0.258 e. The van der Waals surface area contributed by atoms with E-state index in [4.69, 9.17) is 9.47 Å². The lowest BCUT2D eigenvalue weighted by Crippen LogP contribution is -2.32. The van der Waals surface area contributed by atoms with Crippen LogP contribution in [-0.4, -0.2) is 19.6 Å². The number of ether oxygens (including phenoxy) is 2. The second-order valence-corrected chi connectivity index (χ2v) is 6.42. The number of benzene rings is 2. The van der Waals surface area contributed by atoms with Crippen LogP contribution in [-0.2, 0) is 4.79 Å². The average Bonchev–Trinajstić information content (AvgIpc) is 2.59. The highest BCUT2D eigenvalue weighted by Crippen LogP contribution is 2.24. The summed E-state index contributed by atoms with van der Waals surface area (Å²) in [4.78, 5) is 12.2. The number of halogens is 1. The van der Waals surface area contributed by atoms with Crippen LogP contribution in [0, 0.1) is 6.92 Å². The van der Waals surface area contributed by atoms with Gasteiger partial charge in [-0.25, -0.2) is 0 Å². The summed E-state index contributed by atoms with van der Waals surface area (Å²) in [6.07, 6.45) is 0.801. The molecule has 1 N–H and O–H groups in total. The molecule has 0 bridgehead atoms. The zero-order chi connectivity index (χ0) is 17.5. The van der Waals surface area contributed by atoms with Crippen LogP contribution in [0.2, 0.25) is 0 Å². The van der Waals surface area contributed by atoms with Gasteiger partial charge in [-0.2, -0.15) is 0 Å². The third-order valence-corrected chi connectivity index (χ3v) is 4.28. The van der Waals surface area contributed by atoms with Crippen LogP contribution in [0.5, 0.6) is 11.5 Å². The normalized spacial score (nSPS) is 11.7. The molecule has 1 atom stereocenters. The fourth-order valence-corrected chi connectivity index (χ4v) is 2.72. The van der Waals surface area contributed by atoms with E-state index < -0.39 is 0 Å². The van der Waals surface area contributed by atoms with Crippen molar-refractivity contribution in [3.63, 3.8) is 0 Å². The molecule has 0 heterocycles. The van der Waals surface area contributed by atoms with E-state index >= 15 is 0 Å². The summed E-state index contributed by atoms with van der Waals surface area (Å²) in [5, 5.41) is 3.02. The molecule has 0 aliphatic rings. The van der Waals surface area contributed by atoms with Crippen molar-refractivity contribution in [3.05, 3.63) is 58.1 Å². The van der Waals surface area contributed by atoms with E-state index in [0.717, 1.165) is 27.8 Å². The minimum atomic E-state index is -0.141. The van der Waals surface area contributed by atoms with Gasteiger partial charge in [0.1, 0.15) is 11.5 Å². The van der Waals surface area contributed by atoms with Crippen molar-refractivity contribution in [2.45, 2.75) is 26.3 Å². The Hall–Kier alpha value is -2.01. The SMILES string of the molecule is CC[C@H](NC(=O)COc1ccc(Br)cc1)c1ccc(OC)c(C)c1. The number of carbonyl (C=O) groups is 1.